The Labute approximate surface area is 153 Å². The number of hydrogen-bond acceptors (Lipinski definition) is 3. The molecule has 2 aromatic carbocycles. The first kappa shape index (κ1) is 17.7. The summed E-state index contributed by atoms with van der Waals surface area (Å²) >= 11 is 0. The molecular weight excluding hydrogens is 326 g/mol. The second kappa shape index (κ2) is 7.40. The van der Waals surface area contributed by atoms with Crippen molar-refractivity contribution in [3.63, 3.8) is 0 Å². The van der Waals surface area contributed by atoms with Gasteiger partial charge in [0, 0.05) is 22.5 Å². The summed E-state index contributed by atoms with van der Waals surface area (Å²) in [4.78, 5) is 25.3. The van der Waals surface area contributed by atoms with E-state index in [-0.39, 0.29) is 11.8 Å². The lowest BCUT2D eigenvalue weighted by molar-refractivity contribution is -0.137. The minimum absolute atomic E-state index is 0.0476. The van der Waals surface area contributed by atoms with E-state index in [0.29, 0.717) is 16.9 Å². The van der Waals surface area contributed by atoms with Crippen molar-refractivity contribution in [3.05, 3.63) is 89.2 Å². The normalized spacial score (nSPS) is 11.8. The number of esters is 1. The van der Waals surface area contributed by atoms with Crippen molar-refractivity contribution in [2.24, 2.45) is 0 Å². The summed E-state index contributed by atoms with van der Waals surface area (Å²) in [5.41, 5.74) is 2.84. The number of nitrogens with zero attached hydrogens (tertiary/aromatic N) is 1. The number of benzene rings is 2. The number of aromatic nitrogens is 1. The molecule has 1 aromatic heterocycles. The Morgan fingerprint density at radius 2 is 1.50 bits per heavy atom. The van der Waals surface area contributed by atoms with E-state index in [1.807, 2.05) is 60.9 Å². The molecule has 0 amide bonds. The van der Waals surface area contributed by atoms with Gasteiger partial charge in [-0.1, -0.05) is 48.5 Å². The minimum Gasteiger partial charge on any atom is -0.425 e. The summed E-state index contributed by atoms with van der Waals surface area (Å²) in [6.07, 6.45) is 0. The van der Waals surface area contributed by atoms with Crippen LogP contribution in [0.15, 0.2) is 66.7 Å². The fourth-order valence-corrected chi connectivity index (χ4v) is 3.14. The highest BCUT2D eigenvalue weighted by molar-refractivity contribution is 6.10. The van der Waals surface area contributed by atoms with Crippen molar-refractivity contribution in [2.45, 2.75) is 26.8 Å². The molecule has 132 valence electrons. The molecule has 0 radical (unpaired) electrons. The summed E-state index contributed by atoms with van der Waals surface area (Å²) < 4.78 is 7.30. The van der Waals surface area contributed by atoms with Crippen molar-refractivity contribution in [1.82, 2.24) is 4.57 Å². The standard InChI is InChI=1S/C22H21NO3/c1-15-14-20(21(24)18-10-6-4-7-11-18)16(2)23(15)17(3)22(25)26-19-12-8-5-9-13-19/h4-14,17H,1-3H3. The topological polar surface area (TPSA) is 48.3 Å². The van der Waals surface area contributed by atoms with Gasteiger partial charge >= 0.3 is 5.97 Å². The molecule has 3 rings (SSSR count). The zero-order chi connectivity index (χ0) is 18.7. The molecule has 26 heavy (non-hydrogen) atoms. The Balaban J connectivity index is 1.88. The third-order valence-electron chi connectivity index (χ3n) is 4.46. The fourth-order valence-electron chi connectivity index (χ4n) is 3.14. The van der Waals surface area contributed by atoms with Crippen LogP contribution in [0.3, 0.4) is 0 Å². The molecule has 0 N–H and O–H groups in total. The summed E-state index contributed by atoms with van der Waals surface area (Å²) in [5.74, 6) is 0.0951. The summed E-state index contributed by atoms with van der Waals surface area (Å²) in [7, 11) is 0. The highest BCUT2D eigenvalue weighted by Crippen LogP contribution is 2.24. The number of ketones is 1. The molecule has 1 atom stereocenters. The van der Waals surface area contributed by atoms with Gasteiger partial charge in [-0.2, -0.15) is 0 Å². The largest absolute Gasteiger partial charge is 0.425 e. The van der Waals surface area contributed by atoms with E-state index in [1.165, 1.54) is 0 Å². The van der Waals surface area contributed by atoms with Crippen LogP contribution in [0.25, 0.3) is 0 Å². The molecule has 1 unspecified atom stereocenters. The number of carbonyl (C=O) groups is 2. The molecular formula is C22H21NO3. The smallest absolute Gasteiger partial charge is 0.334 e. The van der Waals surface area contributed by atoms with Crippen molar-refractivity contribution in [1.29, 1.82) is 0 Å². The van der Waals surface area contributed by atoms with Crippen LogP contribution in [-0.2, 0) is 4.79 Å². The van der Waals surface area contributed by atoms with Gasteiger partial charge in [-0.3, -0.25) is 4.79 Å². The Bertz CT molecular complexity index is 927. The van der Waals surface area contributed by atoms with Gasteiger partial charge in [-0.05, 0) is 39.0 Å². The van der Waals surface area contributed by atoms with Crippen LogP contribution in [-0.4, -0.2) is 16.3 Å². The minimum atomic E-state index is -0.535. The monoisotopic (exact) mass is 347 g/mol. The van der Waals surface area contributed by atoms with Crippen molar-refractivity contribution < 1.29 is 14.3 Å². The van der Waals surface area contributed by atoms with Crippen molar-refractivity contribution >= 4 is 11.8 Å². The maximum Gasteiger partial charge on any atom is 0.334 e. The number of rotatable bonds is 5. The second-order valence-electron chi connectivity index (χ2n) is 6.26. The summed E-state index contributed by atoms with van der Waals surface area (Å²) in [6, 6.07) is 19.4. The lowest BCUT2D eigenvalue weighted by atomic mass is 10.0. The zero-order valence-corrected chi connectivity index (χ0v) is 15.1. The average Bonchev–Trinajstić information content (AvgIpc) is 2.96. The quantitative estimate of drug-likeness (QED) is 0.388. The molecule has 0 spiro atoms. The SMILES string of the molecule is Cc1cc(C(=O)c2ccccc2)c(C)n1C(C)C(=O)Oc1ccccc1. The van der Waals surface area contributed by atoms with Crippen LogP contribution < -0.4 is 4.74 Å². The van der Waals surface area contributed by atoms with Crippen LogP contribution in [0.4, 0.5) is 0 Å². The van der Waals surface area contributed by atoms with Gasteiger partial charge in [0.05, 0.1) is 0 Å². The predicted octanol–water partition coefficient (Wildman–Crippen LogP) is 4.50. The molecule has 0 saturated heterocycles. The number of carbonyl (C=O) groups excluding carboxylic acids is 2. The molecule has 0 aliphatic heterocycles. The first-order chi connectivity index (χ1) is 12.5. The van der Waals surface area contributed by atoms with Gasteiger partial charge in [-0.25, -0.2) is 4.79 Å². The molecule has 0 aliphatic rings. The molecule has 0 aliphatic carbocycles. The van der Waals surface area contributed by atoms with Gasteiger partial charge in [0.1, 0.15) is 11.8 Å². The van der Waals surface area contributed by atoms with Crippen molar-refractivity contribution in [3.8, 4) is 5.75 Å². The fraction of sp³-hybridized carbons (Fsp3) is 0.182. The van der Waals surface area contributed by atoms with Gasteiger partial charge < -0.3 is 9.30 Å². The Kier molecular flexibility index (Phi) is 5.03. The van der Waals surface area contributed by atoms with Gasteiger partial charge in [0.25, 0.3) is 0 Å². The number of aryl methyl sites for hydroxylation is 1. The van der Waals surface area contributed by atoms with E-state index in [0.717, 1.165) is 11.4 Å². The van der Waals surface area contributed by atoms with Crippen LogP contribution in [0, 0.1) is 13.8 Å². The summed E-state index contributed by atoms with van der Waals surface area (Å²) in [5, 5.41) is 0. The third kappa shape index (κ3) is 3.45. The molecule has 4 nitrogen and oxygen atoms in total. The number of ether oxygens (including phenoxy) is 1. The maximum absolute atomic E-state index is 12.8. The molecule has 1 heterocycles. The maximum atomic E-state index is 12.8. The number of hydrogen-bond donors (Lipinski definition) is 0. The van der Waals surface area contributed by atoms with E-state index in [4.69, 9.17) is 4.74 Å². The van der Waals surface area contributed by atoms with Crippen LogP contribution in [0.5, 0.6) is 5.75 Å². The lowest BCUT2D eigenvalue weighted by Crippen LogP contribution is -2.23. The Morgan fingerprint density at radius 3 is 2.12 bits per heavy atom. The van der Waals surface area contributed by atoms with Gasteiger partial charge in [0.2, 0.25) is 0 Å². The van der Waals surface area contributed by atoms with Crippen LogP contribution >= 0.6 is 0 Å². The summed E-state index contributed by atoms with van der Waals surface area (Å²) in [6.45, 7) is 5.53. The van der Waals surface area contributed by atoms with Gasteiger partial charge in [0.15, 0.2) is 5.78 Å². The zero-order valence-electron chi connectivity index (χ0n) is 15.1. The highest BCUT2D eigenvalue weighted by Gasteiger charge is 2.24. The van der Waals surface area contributed by atoms with E-state index in [2.05, 4.69) is 0 Å². The first-order valence-electron chi connectivity index (χ1n) is 8.54. The van der Waals surface area contributed by atoms with E-state index < -0.39 is 6.04 Å². The molecule has 0 fully saturated rings. The highest BCUT2D eigenvalue weighted by atomic mass is 16.5. The average molecular weight is 347 g/mol. The van der Waals surface area contributed by atoms with E-state index in [9.17, 15) is 9.59 Å². The second-order valence-corrected chi connectivity index (χ2v) is 6.26. The molecule has 0 bridgehead atoms. The molecule has 4 heteroatoms. The Hall–Kier alpha value is -3.14. The molecule has 0 saturated carbocycles. The van der Waals surface area contributed by atoms with Gasteiger partial charge in [-0.15, -0.1) is 0 Å². The van der Waals surface area contributed by atoms with Crippen LogP contribution in [0.2, 0.25) is 0 Å². The van der Waals surface area contributed by atoms with E-state index >= 15 is 0 Å². The van der Waals surface area contributed by atoms with Crippen LogP contribution in [0.1, 0.15) is 40.3 Å². The molecule has 3 aromatic rings. The van der Waals surface area contributed by atoms with E-state index in [1.54, 1.807) is 31.2 Å². The first-order valence-corrected chi connectivity index (χ1v) is 8.54. The Morgan fingerprint density at radius 1 is 0.923 bits per heavy atom. The van der Waals surface area contributed by atoms with Crippen molar-refractivity contribution in [2.75, 3.05) is 0 Å². The lowest BCUT2D eigenvalue weighted by Gasteiger charge is -2.17. The number of para-hydroxylation sites is 1. The third-order valence-corrected chi connectivity index (χ3v) is 4.46. The predicted molar refractivity (Wildman–Crippen MR) is 101 cm³/mol.